The summed E-state index contributed by atoms with van der Waals surface area (Å²) in [5.41, 5.74) is 4.39. The van der Waals surface area contributed by atoms with Crippen LogP contribution in [0.25, 0.3) is 0 Å². The van der Waals surface area contributed by atoms with Gasteiger partial charge in [-0.05, 0) is 62.6 Å². The minimum atomic E-state index is -3.14. The Bertz CT molecular complexity index is 811. The summed E-state index contributed by atoms with van der Waals surface area (Å²) in [4.78, 5) is 12.2. The van der Waals surface area contributed by atoms with E-state index in [2.05, 4.69) is 10.6 Å². The van der Waals surface area contributed by atoms with E-state index in [1.807, 2.05) is 32.0 Å². The van der Waals surface area contributed by atoms with Gasteiger partial charge in [0.15, 0.2) is 0 Å². The first-order valence-electron chi connectivity index (χ1n) is 8.98. The molecule has 6 nitrogen and oxygen atoms in total. The van der Waals surface area contributed by atoms with Crippen molar-refractivity contribution in [1.82, 2.24) is 0 Å². The molecule has 0 saturated heterocycles. The number of benzene rings is 2. The Kier molecular flexibility index (Phi) is 7.60. The highest BCUT2D eigenvalue weighted by Gasteiger charge is 2.23. The molecule has 0 unspecified atom stereocenters. The highest BCUT2D eigenvalue weighted by atomic mass is 31.2. The Hall–Kier alpha value is -2.14. The molecule has 0 aliphatic carbocycles. The lowest BCUT2D eigenvalue weighted by atomic mass is 10.1. The van der Waals surface area contributed by atoms with Gasteiger partial charge < -0.3 is 19.7 Å². The molecule has 0 spiro atoms. The molecule has 2 amide bonds. The molecule has 2 aromatic rings. The monoisotopic (exact) mass is 390 g/mol. The van der Waals surface area contributed by atoms with Gasteiger partial charge in [0.25, 0.3) is 0 Å². The zero-order valence-electron chi connectivity index (χ0n) is 16.2. The molecular weight excluding hydrogens is 363 g/mol. The molecule has 2 rings (SSSR count). The third kappa shape index (κ3) is 6.21. The molecule has 0 saturated carbocycles. The van der Waals surface area contributed by atoms with Gasteiger partial charge in [-0.15, -0.1) is 0 Å². The van der Waals surface area contributed by atoms with E-state index in [-0.39, 0.29) is 12.2 Å². The summed E-state index contributed by atoms with van der Waals surface area (Å²) >= 11 is 0. The van der Waals surface area contributed by atoms with E-state index in [1.165, 1.54) is 0 Å². The van der Waals surface area contributed by atoms with Crippen LogP contribution in [0.1, 0.15) is 30.5 Å². The van der Waals surface area contributed by atoms with Gasteiger partial charge in [-0.1, -0.05) is 24.3 Å². The third-order valence-electron chi connectivity index (χ3n) is 4.09. The predicted molar refractivity (Wildman–Crippen MR) is 110 cm³/mol. The van der Waals surface area contributed by atoms with Gasteiger partial charge in [-0.25, -0.2) is 4.79 Å². The molecule has 0 aliphatic heterocycles. The average molecular weight is 390 g/mol. The first kappa shape index (κ1) is 21.2. The second kappa shape index (κ2) is 9.70. The number of hydrogen-bond donors (Lipinski definition) is 2. The van der Waals surface area contributed by atoms with Crippen LogP contribution in [0.2, 0.25) is 0 Å². The van der Waals surface area contributed by atoms with Gasteiger partial charge in [0.1, 0.15) is 0 Å². The summed E-state index contributed by atoms with van der Waals surface area (Å²) in [6, 6.07) is 12.6. The van der Waals surface area contributed by atoms with Crippen molar-refractivity contribution in [3.05, 3.63) is 59.2 Å². The van der Waals surface area contributed by atoms with E-state index in [9.17, 15) is 9.36 Å². The summed E-state index contributed by atoms with van der Waals surface area (Å²) < 4.78 is 23.2. The highest BCUT2D eigenvalue weighted by Crippen LogP contribution is 2.51. The molecular formula is C20H27N2O4P. The van der Waals surface area contributed by atoms with Crippen LogP contribution in [0.4, 0.5) is 16.2 Å². The van der Waals surface area contributed by atoms with Crippen LogP contribution in [-0.2, 0) is 19.8 Å². The number of hydrogen-bond acceptors (Lipinski definition) is 4. The molecule has 0 aromatic heterocycles. The van der Waals surface area contributed by atoms with Gasteiger partial charge in [-0.2, -0.15) is 0 Å². The number of carbonyl (C=O) groups is 1. The molecule has 2 N–H and O–H groups in total. The van der Waals surface area contributed by atoms with Crippen molar-refractivity contribution in [3.8, 4) is 0 Å². The van der Waals surface area contributed by atoms with Crippen molar-refractivity contribution in [2.24, 2.45) is 0 Å². The average Bonchev–Trinajstić information content (AvgIpc) is 2.61. The lowest BCUT2D eigenvalue weighted by Gasteiger charge is -2.17. The Balaban J connectivity index is 1.99. The maximum atomic E-state index is 12.6. The van der Waals surface area contributed by atoms with E-state index >= 15 is 0 Å². The summed E-state index contributed by atoms with van der Waals surface area (Å²) in [7, 11) is -3.14. The molecule has 27 heavy (non-hydrogen) atoms. The standard InChI is InChI=1S/C20H27N2O4P/c1-5-25-27(24,26-6-2)14-17-10-12-18(13-11-17)21-20(23)22-19-9-7-8-15(3)16(19)4/h7-13H,5-6,14H2,1-4H3,(H2,21,22,23). The van der Waals surface area contributed by atoms with Crippen LogP contribution in [-0.4, -0.2) is 19.2 Å². The molecule has 0 bridgehead atoms. The molecule has 146 valence electrons. The van der Waals surface area contributed by atoms with Crippen LogP contribution < -0.4 is 10.6 Å². The van der Waals surface area contributed by atoms with Crippen molar-refractivity contribution in [2.75, 3.05) is 23.8 Å². The van der Waals surface area contributed by atoms with E-state index in [0.717, 1.165) is 22.4 Å². The second-order valence-electron chi connectivity index (χ2n) is 6.13. The summed E-state index contributed by atoms with van der Waals surface area (Å²) in [5, 5.41) is 5.65. The Labute approximate surface area is 160 Å². The molecule has 0 aliphatic rings. The fourth-order valence-corrected chi connectivity index (χ4v) is 4.31. The van der Waals surface area contributed by atoms with Gasteiger partial charge in [-0.3, -0.25) is 4.57 Å². The number of urea groups is 1. The topological polar surface area (TPSA) is 76.7 Å². The number of carbonyl (C=O) groups excluding carboxylic acids is 1. The van der Waals surface area contributed by atoms with Crippen molar-refractivity contribution in [3.63, 3.8) is 0 Å². The van der Waals surface area contributed by atoms with Gasteiger partial charge in [0.2, 0.25) is 0 Å². The Morgan fingerprint density at radius 3 is 2.19 bits per heavy atom. The Morgan fingerprint density at radius 2 is 1.59 bits per heavy atom. The number of amides is 2. The van der Waals surface area contributed by atoms with Crippen LogP contribution >= 0.6 is 7.60 Å². The van der Waals surface area contributed by atoms with E-state index in [4.69, 9.17) is 9.05 Å². The largest absolute Gasteiger partial charge is 0.335 e. The predicted octanol–water partition coefficient (Wildman–Crippen LogP) is 5.71. The first-order valence-corrected chi connectivity index (χ1v) is 10.7. The van der Waals surface area contributed by atoms with Crippen molar-refractivity contribution < 1.29 is 18.4 Å². The quantitative estimate of drug-likeness (QED) is 0.566. The fourth-order valence-electron chi connectivity index (χ4n) is 2.61. The third-order valence-corrected chi connectivity index (χ3v) is 6.15. The van der Waals surface area contributed by atoms with Gasteiger partial charge in [0.05, 0.1) is 19.4 Å². The normalized spacial score (nSPS) is 11.3. The molecule has 0 fully saturated rings. The maximum Gasteiger partial charge on any atom is 0.335 e. The Morgan fingerprint density at radius 1 is 0.963 bits per heavy atom. The molecule has 0 atom stereocenters. The fraction of sp³-hybridized carbons (Fsp3) is 0.350. The second-order valence-corrected chi connectivity index (χ2v) is 8.18. The molecule has 7 heteroatoms. The zero-order valence-corrected chi connectivity index (χ0v) is 17.1. The lowest BCUT2D eigenvalue weighted by Crippen LogP contribution is -2.20. The van der Waals surface area contributed by atoms with Crippen molar-refractivity contribution in [2.45, 2.75) is 33.9 Å². The van der Waals surface area contributed by atoms with Crippen LogP contribution in [0.3, 0.4) is 0 Å². The highest BCUT2D eigenvalue weighted by molar-refractivity contribution is 7.53. The smallest absolute Gasteiger partial charge is 0.309 e. The van der Waals surface area contributed by atoms with Crippen LogP contribution in [0, 0.1) is 13.8 Å². The van der Waals surface area contributed by atoms with Gasteiger partial charge in [0, 0.05) is 11.4 Å². The number of rotatable bonds is 8. The first-order chi connectivity index (χ1) is 12.9. The summed E-state index contributed by atoms with van der Waals surface area (Å²) in [5.74, 6) is 0. The van der Waals surface area contributed by atoms with Crippen LogP contribution in [0.15, 0.2) is 42.5 Å². The summed E-state index contributed by atoms with van der Waals surface area (Å²) in [6.07, 6.45) is 0.198. The van der Waals surface area contributed by atoms with Crippen LogP contribution in [0.5, 0.6) is 0 Å². The molecule has 0 radical (unpaired) electrons. The minimum Gasteiger partial charge on any atom is -0.309 e. The summed E-state index contributed by atoms with van der Waals surface area (Å²) in [6.45, 7) is 8.19. The lowest BCUT2D eigenvalue weighted by molar-refractivity contribution is 0.219. The SMILES string of the molecule is CCOP(=O)(Cc1ccc(NC(=O)Nc2cccc(C)c2C)cc1)OCC. The van der Waals surface area contributed by atoms with E-state index in [1.54, 1.807) is 38.1 Å². The molecule has 0 heterocycles. The molecule has 2 aromatic carbocycles. The number of nitrogens with one attached hydrogen (secondary N) is 2. The number of anilines is 2. The minimum absolute atomic E-state index is 0.198. The van der Waals surface area contributed by atoms with Crippen molar-refractivity contribution >= 4 is 25.0 Å². The zero-order chi connectivity index (χ0) is 19.9. The maximum absolute atomic E-state index is 12.6. The van der Waals surface area contributed by atoms with Crippen molar-refractivity contribution in [1.29, 1.82) is 0 Å². The van der Waals surface area contributed by atoms with E-state index in [0.29, 0.717) is 18.9 Å². The number of aryl methyl sites for hydroxylation is 1. The van der Waals surface area contributed by atoms with Gasteiger partial charge >= 0.3 is 13.6 Å². The van der Waals surface area contributed by atoms with E-state index < -0.39 is 7.60 Å².